The van der Waals surface area contributed by atoms with E-state index in [9.17, 15) is 13.2 Å². The molecule has 2 aromatic carbocycles. The Labute approximate surface area is 153 Å². The van der Waals surface area contributed by atoms with Crippen LogP contribution in [0, 0.1) is 0 Å². The van der Waals surface area contributed by atoms with Gasteiger partial charge in [-0.1, -0.05) is 6.92 Å². The van der Waals surface area contributed by atoms with E-state index < -0.39 is 10.0 Å². The van der Waals surface area contributed by atoms with E-state index in [1.807, 2.05) is 6.92 Å². The number of hydrogen-bond acceptors (Lipinski definition) is 5. The molecule has 2 aromatic rings. The molecule has 0 aliphatic heterocycles. The highest BCUT2D eigenvalue weighted by atomic mass is 32.2. The van der Waals surface area contributed by atoms with Crippen molar-refractivity contribution in [1.82, 2.24) is 5.32 Å². The van der Waals surface area contributed by atoms with E-state index in [0.29, 0.717) is 29.3 Å². The molecule has 26 heavy (non-hydrogen) atoms. The van der Waals surface area contributed by atoms with Gasteiger partial charge in [0.15, 0.2) is 11.5 Å². The lowest BCUT2D eigenvalue weighted by Gasteiger charge is -2.12. The van der Waals surface area contributed by atoms with Gasteiger partial charge in [0.25, 0.3) is 15.9 Å². The van der Waals surface area contributed by atoms with Crippen molar-refractivity contribution < 1.29 is 22.7 Å². The molecule has 0 bridgehead atoms. The van der Waals surface area contributed by atoms with E-state index in [2.05, 4.69) is 10.0 Å². The number of hydrogen-bond donors (Lipinski definition) is 2. The molecule has 7 nitrogen and oxygen atoms in total. The van der Waals surface area contributed by atoms with Gasteiger partial charge < -0.3 is 14.8 Å². The third kappa shape index (κ3) is 4.66. The summed E-state index contributed by atoms with van der Waals surface area (Å²) < 4.78 is 37.8. The summed E-state index contributed by atoms with van der Waals surface area (Å²) in [6.45, 7) is 2.52. The summed E-state index contributed by atoms with van der Waals surface area (Å²) in [6, 6.07) is 10.5. The van der Waals surface area contributed by atoms with Crippen LogP contribution in [0.1, 0.15) is 23.7 Å². The Kier molecular flexibility index (Phi) is 6.46. The second kappa shape index (κ2) is 8.57. The van der Waals surface area contributed by atoms with Gasteiger partial charge in [-0.2, -0.15) is 0 Å². The summed E-state index contributed by atoms with van der Waals surface area (Å²) in [7, 11) is -0.825. The molecule has 0 aromatic heterocycles. The third-order valence-corrected chi connectivity index (χ3v) is 5.00. The molecule has 0 fully saturated rings. The average molecular weight is 378 g/mol. The van der Waals surface area contributed by atoms with Gasteiger partial charge in [0.1, 0.15) is 0 Å². The highest BCUT2D eigenvalue weighted by Gasteiger charge is 2.16. The molecule has 0 aliphatic carbocycles. The number of carbonyl (C=O) groups is 1. The van der Waals surface area contributed by atoms with Gasteiger partial charge in [0.05, 0.1) is 24.8 Å². The van der Waals surface area contributed by atoms with Crippen molar-refractivity contribution in [2.75, 3.05) is 25.5 Å². The molecule has 2 N–H and O–H groups in total. The molecule has 0 saturated heterocycles. The summed E-state index contributed by atoms with van der Waals surface area (Å²) in [4.78, 5) is 11.9. The van der Waals surface area contributed by atoms with Crippen molar-refractivity contribution in [3.05, 3.63) is 48.0 Å². The predicted octanol–water partition coefficient (Wildman–Crippen LogP) is 2.64. The smallest absolute Gasteiger partial charge is 0.261 e. The number of nitrogens with one attached hydrogen (secondary N) is 2. The maximum atomic E-state index is 12.5. The second-order valence-electron chi connectivity index (χ2n) is 5.46. The molecule has 0 spiro atoms. The van der Waals surface area contributed by atoms with Gasteiger partial charge in [-0.15, -0.1) is 0 Å². The quantitative estimate of drug-likeness (QED) is 0.736. The van der Waals surface area contributed by atoms with Crippen LogP contribution in [-0.2, 0) is 10.0 Å². The largest absolute Gasteiger partial charge is 0.493 e. The van der Waals surface area contributed by atoms with E-state index in [-0.39, 0.29) is 10.8 Å². The third-order valence-electron chi connectivity index (χ3n) is 3.60. The number of anilines is 1. The fourth-order valence-corrected chi connectivity index (χ4v) is 3.29. The van der Waals surface area contributed by atoms with Gasteiger partial charge in [0, 0.05) is 18.2 Å². The first-order chi connectivity index (χ1) is 12.4. The van der Waals surface area contributed by atoms with E-state index in [1.165, 1.54) is 44.6 Å². The maximum Gasteiger partial charge on any atom is 0.261 e. The lowest BCUT2D eigenvalue weighted by Crippen LogP contribution is -2.24. The Morgan fingerprint density at radius 1 is 1.00 bits per heavy atom. The number of rotatable bonds is 8. The predicted molar refractivity (Wildman–Crippen MR) is 99.4 cm³/mol. The summed E-state index contributed by atoms with van der Waals surface area (Å²) in [5.41, 5.74) is 0.746. The first kappa shape index (κ1) is 19.6. The van der Waals surface area contributed by atoms with Crippen molar-refractivity contribution in [3.63, 3.8) is 0 Å². The topological polar surface area (TPSA) is 93.7 Å². The van der Waals surface area contributed by atoms with Gasteiger partial charge in [0.2, 0.25) is 0 Å². The fraction of sp³-hybridized carbons (Fsp3) is 0.278. The highest BCUT2D eigenvalue weighted by Crippen LogP contribution is 2.30. The summed E-state index contributed by atoms with van der Waals surface area (Å²) in [6.07, 6.45) is 0.827. The second-order valence-corrected chi connectivity index (χ2v) is 7.14. The van der Waals surface area contributed by atoms with E-state index >= 15 is 0 Å². The minimum absolute atomic E-state index is 0.0549. The van der Waals surface area contributed by atoms with Crippen molar-refractivity contribution >= 4 is 21.6 Å². The van der Waals surface area contributed by atoms with Gasteiger partial charge >= 0.3 is 0 Å². The van der Waals surface area contributed by atoms with E-state index in [1.54, 1.807) is 12.1 Å². The van der Waals surface area contributed by atoms with Crippen LogP contribution in [0.15, 0.2) is 47.4 Å². The normalized spacial score (nSPS) is 10.9. The van der Waals surface area contributed by atoms with Crippen LogP contribution in [0.25, 0.3) is 0 Å². The zero-order valence-corrected chi connectivity index (χ0v) is 15.7. The van der Waals surface area contributed by atoms with Crippen molar-refractivity contribution in [2.24, 2.45) is 0 Å². The first-order valence-corrected chi connectivity index (χ1v) is 9.52. The number of sulfonamides is 1. The molecule has 0 unspecified atom stereocenters. The molecule has 0 heterocycles. The standard InChI is InChI=1S/C18H22N2O5S/c1-4-11-19-18(21)13-5-8-15(9-6-13)26(22,23)20-14-7-10-16(24-2)17(12-14)25-3/h5-10,12,20H,4,11H2,1-3H3,(H,19,21). The zero-order chi connectivity index (χ0) is 19.2. The van der Waals surface area contributed by atoms with Crippen LogP contribution in [0.2, 0.25) is 0 Å². The van der Waals surface area contributed by atoms with Gasteiger partial charge in [-0.05, 0) is 42.8 Å². The highest BCUT2D eigenvalue weighted by molar-refractivity contribution is 7.92. The molecule has 0 aliphatic rings. The lowest BCUT2D eigenvalue weighted by molar-refractivity contribution is 0.0953. The Morgan fingerprint density at radius 3 is 2.23 bits per heavy atom. The number of benzene rings is 2. The minimum Gasteiger partial charge on any atom is -0.493 e. The molecular weight excluding hydrogens is 356 g/mol. The Hall–Kier alpha value is -2.74. The van der Waals surface area contributed by atoms with E-state index in [4.69, 9.17) is 9.47 Å². The monoisotopic (exact) mass is 378 g/mol. The van der Waals surface area contributed by atoms with Gasteiger partial charge in [-0.25, -0.2) is 8.42 Å². The van der Waals surface area contributed by atoms with Crippen LogP contribution >= 0.6 is 0 Å². The Bertz CT molecular complexity index is 864. The molecule has 140 valence electrons. The SMILES string of the molecule is CCCNC(=O)c1ccc(S(=O)(=O)Nc2ccc(OC)c(OC)c2)cc1. The molecule has 2 rings (SSSR count). The Morgan fingerprint density at radius 2 is 1.65 bits per heavy atom. The van der Waals surface area contributed by atoms with Crippen LogP contribution in [0.5, 0.6) is 11.5 Å². The van der Waals surface area contributed by atoms with Crippen molar-refractivity contribution in [1.29, 1.82) is 0 Å². The molecule has 0 radical (unpaired) electrons. The summed E-state index contributed by atoms with van der Waals surface area (Å²) in [5.74, 6) is 0.678. The Balaban J connectivity index is 2.18. The molecule has 0 atom stereocenters. The average Bonchev–Trinajstić information content (AvgIpc) is 2.65. The number of carbonyl (C=O) groups excluding carboxylic acids is 1. The van der Waals surface area contributed by atoms with Crippen LogP contribution in [0.3, 0.4) is 0 Å². The number of methoxy groups -OCH3 is 2. The lowest BCUT2D eigenvalue weighted by atomic mass is 10.2. The molecule has 8 heteroatoms. The fourth-order valence-electron chi connectivity index (χ4n) is 2.24. The van der Waals surface area contributed by atoms with Crippen molar-refractivity contribution in [2.45, 2.75) is 18.2 Å². The molecule has 0 saturated carbocycles. The summed E-state index contributed by atoms with van der Waals surface area (Å²) >= 11 is 0. The summed E-state index contributed by atoms with van der Waals surface area (Å²) in [5, 5.41) is 2.74. The minimum atomic E-state index is -3.80. The van der Waals surface area contributed by atoms with Gasteiger partial charge in [-0.3, -0.25) is 9.52 Å². The molecular formula is C18H22N2O5S. The maximum absolute atomic E-state index is 12.5. The number of amides is 1. The number of ether oxygens (including phenoxy) is 2. The van der Waals surface area contributed by atoms with Crippen LogP contribution in [-0.4, -0.2) is 35.1 Å². The molecule has 1 amide bonds. The van der Waals surface area contributed by atoms with Crippen LogP contribution < -0.4 is 19.5 Å². The van der Waals surface area contributed by atoms with Crippen molar-refractivity contribution in [3.8, 4) is 11.5 Å². The first-order valence-electron chi connectivity index (χ1n) is 8.04. The van der Waals surface area contributed by atoms with Crippen LogP contribution in [0.4, 0.5) is 5.69 Å². The zero-order valence-electron chi connectivity index (χ0n) is 14.9. The van der Waals surface area contributed by atoms with E-state index in [0.717, 1.165) is 6.42 Å².